The molecule has 0 amide bonds. The highest BCUT2D eigenvalue weighted by Gasteiger charge is 2.10. The lowest BCUT2D eigenvalue weighted by Gasteiger charge is -2.17. The van der Waals surface area contributed by atoms with Crippen LogP contribution in [-0.2, 0) is 0 Å². The van der Waals surface area contributed by atoms with E-state index < -0.39 is 0 Å². The second-order valence-corrected chi connectivity index (χ2v) is 3.83. The number of rotatable bonds is 6. The van der Waals surface area contributed by atoms with Crippen molar-refractivity contribution in [1.82, 2.24) is 5.32 Å². The molecule has 0 heterocycles. The molecule has 0 aliphatic heterocycles. The Kier molecular flexibility index (Phi) is 7.73. The number of nitrogens with one attached hydrogen (secondary N) is 1. The van der Waals surface area contributed by atoms with Crippen LogP contribution in [-0.4, -0.2) is 11.8 Å². The lowest BCUT2D eigenvalue weighted by molar-refractivity contribution is 0.508. The summed E-state index contributed by atoms with van der Waals surface area (Å²) in [6, 6.07) is 2.82. The van der Waals surface area contributed by atoms with E-state index in [0.29, 0.717) is 11.2 Å². The zero-order valence-corrected chi connectivity index (χ0v) is 9.40. The number of allylic oxidation sites excluding steroid dienone is 1. The molecule has 2 heteroatoms. The minimum atomic E-state index is 0.376. The Morgan fingerprint density at radius 3 is 2.85 bits per heavy atom. The molecule has 0 saturated heterocycles. The molecular weight excluding hydrogens is 178 g/mol. The van der Waals surface area contributed by atoms with Crippen LogP contribution in [0.4, 0.5) is 0 Å². The summed E-state index contributed by atoms with van der Waals surface area (Å²) in [5, 5.41) is 3.40. The highest BCUT2D eigenvalue weighted by Crippen LogP contribution is 2.15. The topological polar surface area (TPSA) is 12.0 Å². The van der Waals surface area contributed by atoms with E-state index in [4.69, 9.17) is 0 Å². The predicted octanol–water partition coefficient (Wildman–Crippen LogP) is 2.46. The molecule has 0 radical (unpaired) electrons. The molecule has 0 aromatic carbocycles. The Labute approximate surface area is 87.4 Å². The van der Waals surface area contributed by atoms with Crippen LogP contribution < -0.4 is 5.32 Å². The average Bonchev–Trinajstić information content (AvgIpc) is 2.14. The molecule has 2 unspecified atom stereocenters. The molecule has 0 aromatic rings. The first kappa shape index (κ1) is 12.4. The third kappa shape index (κ3) is 6.60. The van der Waals surface area contributed by atoms with Crippen molar-refractivity contribution in [2.45, 2.75) is 31.9 Å². The van der Waals surface area contributed by atoms with Crippen molar-refractivity contribution in [2.24, 2.45) is 5.92 Å². The minimum absolute atomic E-state index is 0.376. The Morgan fingerprint density at radius 1 is 1.62 bits per heavy atom. The van der Waals surface area contributed by atoms with E-state index >= 15 is 0 Å². The largest absolute Gasteiger partial charge is 0.345 e. The average molecular weight is 197 g/mol. The molecule has 1 N–H and O–H groups in total. The van der Waals surface area contributed by atoms with Gasteiger partial charge in [-0.3, -0.25) is 0 Å². The monoisotopic (exact) mass is 197 g/mol. The van der Waals surface area contributed by atoms with Gasteiger partial charge in [-0.15, -0.1) is 6.58 Å². The van der Waals surface area contributed by atoms with Crippen molar-refractivity contribution in [2.75, 3.05) is 6.54 Å². The van der Waals surface area contributed by atoms with Gasteiger partial charge in [0.05, 0.1) is 0 Å². The molecule has 0 aliphatic rings. The fourth-order valence-electron chi connectivity index (χ4n) is 1.02. The summed E-state index contributed by atoms with van der Waals surface area (Å²) in [7, 11) is 0. The molecular formula is C11H19NS. The summed E-state index contributed by atoms with van der Waals surface area (Å²) in [6.07, 6.45) is 4.17. The quantitative estimate of drug-likeness (QED) is 0.288. The van der Waals surface area contributed by atoms with Crippen LogP contribution in [0.3, 0.4) is 0 Å². The summed E-state index contributed by atoms with van der Waals surface area (Å²) in [6.45, 7) is 8.59. The molecule has 0 bridgehead atoms. The Bertz CT molecular complexity index is 190. The van der Waals surface area contributed by atoms with E-state index in [1.165, 1.54) is 0 Å². The van der Waals surface area contributed by atoms with Crippen LogP contribution in [0.5, 0.6) is 0 Å². The first-order chi connectivity index (χ1) is 6.22. The van der Waals surface area contributed by atoms with Crippen molar-refractivity contribution in [3.05, 3.63) is 12.7 Å². The Hall–Kier alpha value is -0.550. The van der Waals surface area contributed by atoms with Gasteiger partial charge in [0, 0.05) is 17.8 Å². The van der Waals surface area contributed by atoms with E-state index in [1.807, 2.05) is 13.0 Å². The van der Waals surface area contributed by atoms with Crippen LogP contribution in [0, 0.1) is 17.9 Å². The van der Waals surface area contributed by atoms with Crippen molar-refractivity contribution >= 4 is 12.6 Å². The number of hydrogen-bond acceptors (Lipinski definition) is 2. The predicted molar refractivity (Wildman–Crippen MR) is 62.8 cm³/mol. The first-order valence-corrected chi connectivity index (χ1v) is 5.17. The number of thiol groups is 1. The molecule has 0 aliphatic carbocycles. The maximum atomic E-state index is 4.51. The Balaban J connectivity index is 3.59. The van der Waals surface area contributed by atoms with Crippen LogP contribution in [0.25, 0.3) is 0 Å². The minimum Gasteiger partial charge on any atom is -0.345 e. The second-order valence-electron chi connectivity index (χ2n) is 3.17. The van der Waals surface area contributed by atoms with Gasteiger partial charge in [0.1, 0.15) is 0 Å². The van der Waals surface area contributed by atoms with Gasteiger partial charge in [-0.1, -0.05) is 18.9 Å². The van der Waals surface area contributed by atoms with E-state index in [9.17, 15) is 0 Å². The first-order valence-electron chi connectivity index (χ1n) is 4.66. The lowest BCUT2D eigenvalue weighted by atomic mass is 10.0. The zero-order chi connectivity index (χ0) is 10.1. The van der Waals surface area contributed by atoms with Gasteiger partial charge >= 0.3 is 0 Å². The third-order valence-corrected chi connectivity index (χ3v) is 2.70. The van der Waals surface area contributed by atoms with Crippen LogP contribution >= 0.6 is 12.6 Å². The van der Waals surface area contributed by atoms with Crippen molar-refractivity contribution in [3.63, 3.8) is 0 Å². The molecule has 0 fully saturated rings. The lowest BCUT2D eigenvalue weighted by Crippen LogP contribution is -2.24. The molecule has 2 atom stereocenters. The van der Waals surface area contributed by atoms with Gasteiger partial charge in [-0.05, 0) is 25.7 Å². The molecule has 13 heavy (non-hydrogen) atoms. The second kappa shape index (κ2) is 8.07. The summed E-state index contributed by atoms with van der Waals surface area (Å²) in [4.78, 5) is 0. The van der Waals surface area contributed by atoms with Gasteiger partial charge in [-0.25, -0.2) is 0 Å². The molecule has 0 aromatic heterocycles. The highest BCUT2D eigenvalue weighted by molar-refractivity contribution is 7.81. The van der Waals surface area contributed by atoms with Gasteiger partial charge in [-0.2, -0.15) is 12.6 Å². The molecule has 0 spiro atoms. The van der Waals surface area contributed by atoms with Crippen LogP contribution in [0.15, 0.2) is 12.7 Å². The van der Waals surface area contributed by atoms with Crippen molar-refractivity contribution in [1.29, 1.82) is 0 Å². The standard InChI is InChI=1S/C11H19NS/c1-4-6-7-10(3)11(13)9-12-8-5-2/h4,10-13H,1,6-7,9H2,2-3H3. The molecule has 1 nitrogen and oxygen atoms in total. The van der Waals surface area contributed by atoms with E-state index in [2.05, 4.69) is 43.4 Å². The fraction of sp³-hybridized carbons (Fsp3) is 0.636. The van der Waals surface area contributed by atoms with E-state index in [0.717, 1.165) is 19.4 Å². The van der Waals surface area contributed by atoms with E-state index in [1.54, 1.807) is 0 Å². The molecule has 0 rings (SSSR count). The summed E-state index contributed by atoms with van der Waals surface area (Å²) in [5.74, 6) is 3.40. The summed E-state index contributed by atoms with van der Waals surface area (Å²) in [5.41, 5.74) is 0. The normalized spacial score (nSPS) is 13.8. The molecule has 0 saturated carbocycles. The maximum Gasteiger partial charge on any atom is 0.0348 e. The fourth-order valence-corrected chi connectivity index (χ4v) is 1.26. The smallest absolute Gasteiger partial charge is 0.0348 e. The van der Waals surface area contributed by atoms with Crippen LogP contribution in [0.1, 0.15) is 26.7 Å². The van der Waals surface area contributed by atoms with Crippen molar-refractivity contribution in [3.8, 4) is 12.0 Å². The van der Waals surface area contributed by atoms with Gasteiger partial charge < -0.3 is 5.32 Å². The van der Waals surface area contributed by atoms with Gasteiger partial charge in [0.25, 0.3) is 0 Å². The van der Waals surface area contributed by atoms with Crippen molar-refractivity contribution < 1.29 is 0 Å². The van der Waals surface area contributed by atoms with Gasteiger partial charge in [0.2, 0.25) is 0 Å². The summed E-state index contributed by atoms with van der Waals surface area (Å²) >= 11 is 4.51. The molecule has 74 valence electrons. The maximum absolute atomic E-state index is 4.51. The Morgan fingerprint density at radius 2 is 2.31 bits per heavy atom. The SMILES string of the molecule is C=CCCC(C)C(S)CNC#CC. The third-order valence-electron chi connectivity index (χ3n) is 2.01. The van der Waals surface area contributed by atoms with Crippen LogP contribution in [0.2, 0.25) is 0 Å². The summed E-state index contributed by atoms with van der Waals surface area (Å²) < 4.78 is 0. The highest BCUT2D eigenvalue weighted by atomic mass is 32.1. The van der Waals surface area contributed by atoms with Gasteiger partial charge in [0.15, 0.2) is 0 Å². The van der Waals surface area contributed by atoms with E-state index in [-0.39, 0.29) is 0 Å². The zero-order valence-electron chi connectivity index (χ0n) is 8.51. The number of hydrogen-bond donors (Lipinski definition) is 2.